The largest absolute Gasteiger partial charge is 0.508 e. The topological polar surface area (TPSA) is 97.6 Å². The first-order chi connectivity index (χ1) is 18.1. The van der Waals surface area contributed by atoms with Gasteiger partial charge < -0.3 is 15.1 Å². The molecule has 1 aliphatic rings. The predicted octanol–water partition coefficient (Wildman–Crippen LogP) is 5.06. The fraction of sp³-hybridized carbons (Fsp3) is 0.500. The molecule has 1 aliphatic heterocycles. The van der Waals surface area contributed by atoms with E-state index >= 15 is 0 Å². The summed E-state index contributed by atoms with van der Waals surface area (Å²) in [5.74, 6) is 0.238. The molecule has 0 radical (unpaired) electrons. The van der Waals surface area contributed by atoms with Crippen molar-refractivity contribution in [1.29, 1.82) is 0 Å². The molecular weight excluding hydrogens is 518 g/mol. The number of aromatic hydroxyl groups is 2. The van der Waals surface area contributed by atoms with Gasteiger partial charge in [0, 0.05) is 43.5 Å². The number of hydrogen-bond donors (Lipinski definition) is 3. The summed E-state index contributed by atoms with van der Waals surface area (Å²) in [4.78, 5) is 17.7. The summed E-state index contributed by atoms with van der Waals surface area (Å²) in [6, 6.07) is 10.9. The summed E-state index contributed by atoms with van der Waals surface area (Å²) in [5, 5.41) is 27.4. The number of aromatic amines is 1. The summed E-state index contributed by atoms with van der Waals surface area (Å²) in [7, 11) is 3.80. The van der Waals surface area contributed by atoms with Gasteiger partial charge in [0.25, 0.3) is 0 Å². The first-order valence-electron chi connectivity index (χ1n) is 13.1. The van der Waals surface area contributed by atoms with Gasteiger partial charge in [0.2, 0.25) is 0 Å². The lowest BCUT2D eigenvalue weighted by molar-refractivity contribution is 0.124. The van der Waals surface area contributed by atoms with Crippen LogP contribution < -0.4 is 5.69 Å². The number of benzene rings is 2. The third-order valence-corrected chi connectivity index (χ3v) is 9.76. The molecular formula is C28H39N5O3S2. The van der Waals surface area contributed by atoms with E-state index in [1.165, 1.54) is 22.6 Å². The van der Waals surface area contributed by atoms with E-state index in [2.05, 4.69) is 40.1 Å². The number of phenolic OH excluding ortho intramolecular Hbond substituents is 2. The van der Waals surface area contributed by atoms with Crippen LogP contribution in [0.1, 0.15) is 51.2 Å². The standard InChI is InChI=1S/C28H39N5O3S2/c1-19(2)22-16-23(25(35)17-24(22)34)26-29-30-27(36)33(26)21-8-6-20(7-9-21)18-32-14-12-31(13-15-32)11-10-28(3,4)38-37-5/h6-9,16-17,19,34-35H,10-15,18H2,1-5H3,(H,30,36). The number of nitrogens with one attached hydrogen (secondary N) is 1. The molecule has 4 rings (SSSR count). The van der Waals surface area contributed by atoms with Gasteiger partial charge in [-0.15, -0.1) is 0 Å². The third-order valence-electron chi connectivity index (χ3n) is 7.08. The maximum atomic E-state index is 12.7. The van der Waals surface area contributed by atoms with Crippen LogP contribution in [0.4, 0.5) is 0 Å². The highest BCUT2D eigenvalue weighted by atomic mass is 33.1. The van der Waals surface area contributed by atoms with Crippen molar-refractivity contribution in [3.8, 4) is 28.6 Å². The Morgan fingerprint density at radius 3 is 2.32 bits per heavy atom. The monoisotopic (exact) mass is 557 g/mol. The summed E-state index contributed by atoms with van der Waals surface area (Å²) in [5.41, 5.74) is 2.53. The lowest BCUT2D eigenvalue weighted by Crippen LogP contribution is -2.46. The molecule has 3 aromatic rings. The van der Waals surface area contributed by atoms with Gasteiger partial charge in [-0.25, -0.2) is 14.5 Å². The lowest BCUT2D eigenvalue weighted by Gasteiger charge is -2.36. The number of H-pyrrole nitrogens is 1. The van der Waals surface area contributed by atoms with Crippen LogP contribution >= 0.6 is 21.6 Å². The molecule has 0 unspecified atom stereocenters. The zero-order valence-corrected chi connectivity index (χ0v) is 24.5. The maximum absolute atomic E-state index is 12.7. The Morgan fingerprint density at radius 2 is 1.68 bits per heavy atom. The van der Waals surface area contributed by atoms with Crippen molar-refractivity contribution in [1.82, 2.24) is 24.6 Å². The summed E-state index contributed by atoms with van der Waals surface area (Å²) >= 11 is 0. The predicted molar refractivity (Wildman–Crippen MR) is 159 cm³/mol. The SMILES string of the molecule is CSSC(C)(C)CCN1CCN(Cc2ccc(-n3c(-c4cc(C(C)C)c(O)cc4O)n[nH]c3=O)cc2)CC1. The Morgan fingerprint density at radius 1 is 1.03 bits per heavy atom. The van der Waals surface area contributed by atoms with E-state index in [1.54, 1.807) is 6.07 Å². The van der Waals surface area contributed by atoms with E-state index in [1.807, 2.05) is 59.7 Å². The molecule has 38 heavy (non-hydrogen) atoms. The van der Waals surface area contributed by atoms with Gasteiger partial charge in [0.1, 0.15) is 11.5 Å². The molecule has 1 aromatic heterocycles. The van der Waals surface area contributed by atoms with Crippen molar-refractivity contribution in [2.75, 3.05) is 39.0 Å². The van der Waals surface area contributed by atoms with Crippen molar-refractivity contribution < 1.29 is 10.2 Å². The molecule has 2 aromatic carbocycles. The molecule has 10 heteroatoms. The van der Waals surface area contributed by atoms with Gasteiger partial charge in [0.05, 0.1) is 11.3 Å². The molecule has 0 aliphatic carbocycles. The molecule has 0 saturated carbocycles. The Bertz CT molecular complexity index is 1280. The second-order valence-electron chi connectivity index (χ2n) is 10.8. The molecule has 0 amide bonds. The Labute approximate surface area is 232 Å². The van der Waals surface area contributed by atoms with Gasteiger partial charge in [0.15, 0.2) is 5.82 Å². The van der Waals surface area contributed by atoms with Gasteiger partial charge in [-0.1, -0.05) is 47.6 Å². The van der Waals surface area contributed by atoms with Crippen LogP contribution in [0.3, 0.4) is 0 Å². The Balaban J connectivity index is 1.42. The van der Waals surface area contributed by atoms with Gasteiger partial charge in [-0.3, -0.25) is 4.90 Å². The van der Waals surface area contributed by atoms with Crippen molar-refractivity contribution in [3.05, 3.63) is 58.0 Å². The first-order valence-corrected chi connectivity index (χ1v) is 15.6. The van der Waals surface area contributed by atoms with Crippen molar-refractivity contribution in [2.45, 2.75) is 51.3 Å². The van der Waals surface area contributed by atoms with E-state index in [4.69, 9.17) is 0 Å². The van der Waals surface area contributed by atoms with Crippen molar-refractivity contribution in [2.24, 2.45) is 0 Å². The van der Waals surface area contributed by atoms with E-state index in [-0.39, 0.29) is 23.1 Å². The van der Waals surface area contributed by atoms with E-state index < -0.39 is 0 Å². The highest BCUT2D eigenvalue weighted by Gasteiger charge is 2.23. The van der Waals surface area contributed by atoms with Crippen LogP contribution in [-0.4, -0.2) is 78.5 Å². The second-order valence-corrected chi connectivity index (χ2v) is 13.9. The van der Waals surface area contributed by atoms with Crippen LogP contribution in [0, 0.1) is 0 Å². The summed E-state index contributed by atoms with van der Waals surface area (Å²) < 4.78 is 1.75. The quantitative estimate of drug-likeness (QED) is 0.298. The molecule has 0 spiro atoms. The summed E-state index contributed by atoms with van der Waals surface area (Å²) in [6.45, 7) is 14.8. The molecule has 0 atom stereocenters. The zero-order chi connectivity index (χ0) is 27.4. The number of aromatic nitrogens is 3. The molecule has 3 N–H and O–H groups in total. The lowest BCUT2D eigenvalue weighted by atomic mass is 9.98. The van der Waals surface area contributed by atoms with Crippen LogP contribution in [0.5, 0.6) is 11.5 Å². The van der Waals surface area contributed by atoms with Gasteiger partial charge >= 0.3 is 5.69 Å². The number of nitrogens with zero attached hydrogens (tertiary/aromatic N) is 4. The Hall–Kier alpha value is -2.40. The van der Waals surface area contributed by atoms with Crippen LogP contribution in [0.15, 0.2) is 41.2 Å². The molecule has 2 heterocycles. The first kappa shape index (κ1) is 28.6. The van der Waals surface area contributed by atoms with Crippen LogP contribution in [0.2, 0.25) is 0 Å². The summed E-state index contributed by atoms with van der Waals surface area (Å²) in [6.07, 6.45) is 3.34. The Kier molecular flexibility index (Phi) is 9.18. The number of phenols is 2. The maximum Gasteiger partial charge on any atom is 0.348 e. The minimum absolute atomic E-state index is 0.0225. The van der Waals surface area contributed by atoms with Crippen LogP contribution in [-0.2, 0) is 6.54 Å². The molecule has 1 fully saturated rings. The fourth-order valence-corrected chi connectivity index (χ4v) is 7.06. The van der Waals surface area contributed by atoms with E-state index in [0.717, 1.165) is 39.3 Å². The molecule has 8 nitrogen and oxygen atoms in total. The number of piperazine rings is 1. The second kappa shape index (κ2) is 12.2. The van der Waals surface area contributed by atoms with E-state index in [9.17, 15) is 15.0 Å². The molecule has 0 bridgehead atoms. The van der Waals surface area contributed by atoms with Crippen molar-refractivity contribution >= 4 is 21.6 Å². The van der Waals surface area contributed by atoms with E-state index in [0.29, 0.717) is 27.4 Å². The minimum atomic E-state index is -0.387. The average molecular weight is 558 g/mol. The molecule has 206 valence electrons. The minimum Gasteiger partial charge on any atom is -0.508 e. The average Bonchev–Trinajstić information content (AvgIpc) is 3.25. The van der Waals surface area contributed by atoms with Gasteiger partial charge in [-0.2, -0.15) is 5.10 Å². The van der Waals surface area contributed by atoms with Crippen LogP contribution in [0.25, 0.3) is 17.1 Å². The van der Waals surface area contributed by atoms with Gasteiger partial charge in [-0.05, 0) is 68.3 Å². The highest BCUT2D eigenvalue weighted by Crippen LogP contribution is 2.38. The highest BCUT2D eigenvalue weighted by molar-refractivity contribution is 8.76. The normalized spacial score (nSPS) is 15.4. The third kappa shape index (κ3) is 6.77. The fourth-order valence-electron chi connectivity index (χ4n) is 4.83. The zero-order valence-electron chi connectivity index (χ0n) is 22.9. The van der Waals surface area contributed by atoms with Crippen molar-refractivity contribution in [3.63, 3.8) is 0 Å². The number of rotatable bonds is 10. The number of hydrogen-bond acceptors (Lipinski definition) is 8. The molecule has 1 saturated heterocycles. The smallest absolute Gasteiger partial charge is 0.348 e.